The van der Waals surface area contributed by atoms with Gasteiger partial charge < -0.3 is 20.1 Å². The van der Waals surface area contributed by atoms with Gasteiger partial charge in [-0.05, 0) is 76.3 Å². The normalized spacial score (nSPS) is 14.0. The van der Waals surface area contributed by atoms with Gasteiger partial charge in [0.2, 0.25) is 11.1 Å². The number of anilines is 2. The third-order valence-corrected chi connectivity index (χ3v) is 9.42. The van der Waals surface area contributed by atoms with Gasteiger partial charge in [0.05, 0.1) is 17.2 Å². The van der Waals surface area contributed by atoms with Gasteiger partial charge in [-0.25, -0.2) is 4.68 Å². The van der Waals surface area contributed by atoms with E-state index >= 15 is 0 Å². The van der Waals surface area contributed by atoms with Crippen molar-refractivity contribution < 1.29 is 14.3 Å². The van der Waals surface area contributed by atoms with Crippen molar-refractivity contribution in [3.63, 3.8) is 0 Å². The molecule has 1 amide bonds. The Hall–Kier alpha value is -4.25. The molecule has 1 aliphatic rings. The molecule has 8 nitrogen and oxygen atoms in total. The van der Waals surface area contributed by atoms with Crippen LogP contribution in [-0.2, 0) is 17.2 Å². The number of aryl methyl sites for hydroxylation is 1. The van der Waals surface area contributed by atoms with E-state index in [0.717, 1.165) is 27.9 Å². The van der Waals surface area contributed by atoms with Gasteiger partial charge in [-0.2, -0.15) is 4.98 Å². The van der Waals surface area contributed by atoms with Crippen LogP contribution >= 0.6 is 39.3 Å². The van der Waals surface area contributed by atoms with Crippen LogP contribution in [0, 0.1) is 6.92 Å². The number of amides is 1. The van der Waals surface area contributed by atoms with Crippen LogP contribution in [0.3, 0.4) is 0 Å². The molecule has 1 aliphatic heterocycles. The van der Waals surface area contributed by atoms with Crippen LogP contribution < -0.4 is 20.1 Å². The van der Waals surface area contributed by atoms with Crippen molar-refractivity contribution in [1.82, 2.24) is 14.8 Å². The maximum atomic E-state index is 14.1. The highest BCUT2D eigenvalue weighted by Gasteiger charge is 2.35. The second kappa shape index (κ2) is 14.0. The zero-order valence-corrected chi connectivity index (χ0v) is 28.5. The smallest absolute Gasteiger partial charge is 0.255 e. The summed E-state index contributed by atoms with van der Waals surface area (Å²) in [6.45, 7) is 4.20. The van der Waals surface area contributed by atoms with E-state index in [2.05, 4.69) is 26.6 Å². The molecular weight excluding hydrogens is 686 g/mol. The highest BCUT2D eigenvalue weighted by atomic mass is 79.9. The number of nitrogens with zero attached hydrogens (tertiary/aromatic N) is 3. The standard InChI is InChI=1S/C35H31BrClN5O3S/c1-21-11-7-10-16-28(21)39-33(43)30-22(2)38-34-40-35(46-20-24-14-8-9-15-27(24)37)41-42(34)31(30)25-17-26(36)32(29(18-25)44-3)45-19-23-12-5-4-6-13-23/h4-18,31H,19-20H2,1-3H3,(H,39,43)(H,38,40,41). The fourth-order valence-corrected chi connectivity index (χ4v) is 6.91. The molecule has 5 aromatic rings. The number of hydrogen-bond donors (Lipinski definition) is 2. The van der Waals surface area contributed by atoms with Crippen LogP contribution in [0.25, 0.3) is 0 Å². The fourth-order valence-electron chi connectivity index (χ4n) is 5.22. The Morgan fingerprint density at radius 2 is 1.78 bits per heavy atom. The van der Waals surface area contributed by atoms with E-state index in [-0.39, 0.29) is 5.91 Å². The van der Waals surface area contributed by atoms with Crippen molar-refractivity contribution in [3.8, 4) is 11.5 Å². The number of allylic oxidation sites excluding steroid dienone is 1. The van der Waals surface area contributed by atoms with Crippen LogP contribution in [0.5, 0.6) is 11.5 Å². The second-order valence-corrected chi connectivity index (χ2v) is 12.9. The molecule has 0 saturated heterocycles. The topological polar surface area (TPSA) is 90.3 Å². The van der Waals surface area contributed by atoms with Gasteiger partial charge in [0.25, 0.3) is 5.91 Å². The van der Waals surface area contributed by atoms with Gasteiger partial charge >= 0.3 is 0 Å². The zero-order valence-electron chi connectivity index (χ0n) is 25.4. The summed E-state index contributed by atoms with van der Waals surface area (Å²) in [5, 5.41) is 12.6. The van der Waals surface area contributed by atoms with Crippen molar-refractivity contribution in [2.24, 2.45) is 0 Å². The number of hydrogen-bond acceptors (Lipinski definition) is 7. The number of para-hydroxylation sites is 1. The summed E-state index contributed by atoms with van der Waals surface area (Å²) in [4.78, 5) is 18.9. The number of carbonyl (C=O) groups excluding carboxylic acids is 1. The minimum atomic E-state index is -0.629. The lowest BCUT2D eigenvalue weighted by molar-refractivity contribution is -0.113. The van der Waals surface area contributed by atoms with E-state index in [9.17, 15) is 4.79 Å². The number of fused-ring (bicyclic) bond motifs is 1. The monoisotopic (exact) mass is 715 g/mol. The Kier molecular flexibility index (Phi) is 9.67. The molecule has 0 spiro atoms. The summed E-state index contributed by atoms with van der Waals surface area (Å²) in [6.07, 6.45) is 0. The van der Waals surface area contributed by atoms with E-state index in [1.807, 2.05) is 105 Å². The van der Waals surface area contributed by atoms with Gasteiger partial charge in [-0.1, -0.05) is 90.1 Å². The van der Waals surface area contributed by atoms with Gasteiger partial charge in [-0.3, -0.25) is 4.79 Å². The molecule has 2 heterocycles. The SMILES string of the molecule is COc1cc(C2C(C(=O)Nc3ccccc3C)=C(C)Nc3nc(SCc4ccccc4Cl)nn32)cc(Br)c1OCc1ccccc1. The summed E-state index contributed by atoms with van der Waals surface area (Å²) < 4.78 is 14.5. The number of nitrogens with one attached hydrogen (secondary N) is 2. The van der Waals surface area contributed by atoms with E-state index in [1.165, 1.54) is 11.8 Å². The predicted molar refractivity (Wildman–Crippen MR) is 187 cm³/mol. The van der Waals surface area contributed by atoms with Crippen LogP contribution in [0.2, 0.25) is 5.02 Å². The number of carbonyl (C=O) groups is 1. The maximum Gasteiger partial charge on any atom is 0.255 e. The Balaban J connectivity index is 1.38. The fraction of sp³-hybridized carbons (Fsp3) is 0.171. The van der Waals surface area contributed by atoms with Crippen LogP contribution in [0.1, 0.15) is 35.2 Å². The molecule has 2 N–H and O–H groups in total. The molecule has 0 aliphatic carbocycles. The number of rotatable bonds is 10. The van der Waals surface area contributed by atoms with Crippen molar-refractivity contribution in [2.45, 2.75) is 37.4 Å². The Morgan fingerprint density at radius 3 is 2.54 bits per heavy atom. The average molecular weight is 717 g/mol. The Morgan fingerprint density at radius 1 is 1.04 bits per heavy atom. The summed E-state index contributed by atoms with van der Waals surface area (Å²) in [5.74, 6) is 1.94. The maximum absolute atomic E-state index is 14.1. The lowest BCUT2D eigenvalue weighted by Crippen LogP contribution is -2.31. The van der Waals surface area contributed by atoms with E-state index in [1.54, 1.807) is 11.8 Å². The van der Waals surface area contributed by atoms with Gasteiger partial charge in [0, 0.05) is 22.2 Å². The number of methoxy groups -OCH3 is 1. The molecule has 4 aromatic carbocycles. The van der Waals surface area contributed by atoms with Crippen LogP contribution in [0.15, 0.2) is 112 Å². The Bertz CT molecular complexity index is 1930. The molecule has 1 unspecified atom stereocenters. The molecule has 0 fully saturated rings. The first kappa shape index (κ1) is 31.7. The highest BCUT2D eigenvalue weighted by Crippen LogP contribution is 2.43. The number of thioether (sulfide) groups is 1. The van der Waals surface area contributed by atoms with Gasteiger partial charge in [0.15, 0.2) is 11.5 Å². The molecule has 6 rings (SSSR count). The van der Waals surface area contributed by atoms with Crippen LogP contribution in [0.4, 0.5) is 11.6 Å². The Labute approximate surface area is 285 Å². The zero-order chi connectivity index (χ0) is 32.2. The molecule has 46 heavy (non-hydrogen) atoms. The molecule has 1 aromatic heterocycles. The van der Waals surface area contributed by atoms with Gasteiger partial charge in [0.1, 0.15) is 12.6 Å². The van der Waals surface area contributed by atoms with Crippen molar-refractivity contribution >= 4 is 56.8 Å². The van der Waals surface area contributed by atoms with E-state index in [0.29, 0.717) is 55.7 Å². The molecule has 0 radical (unpaired) electrons. The molecule has 1 atom stereocenters. The van der Waals surface area contributed by atoms with Gasteiger partial charge in [-0.15, -0.1) is 5.10 Å². The van der Waals surface area contributed by atoms with Crippen molar-refractivity contribution in [1.29, 1.82) is 0 Å². The number of ether oxygens (including phenoxy) is 2. The second-order valence-electron chi connectivity index (χ2n) is 10.7. The molecule has 0 bridgehead atoms. The first-order valence-electron chi connectivity index (χ1n) is 14.5. The van der Waals surface area contributed by atoms with E-state index in [4.69, 9.17) is 31.2 Å². The number of halogens is 2. The molecule has 234 valence electrons. The van der Waals surface area contributed by atoms with Crippen molar-refractivity contribution in [3.05, 3.63) is 134 Å². The minimum absolute atomic E-state index is 0.254. The van der Waals surface area contributed by atoms with Crippen LogP contribution in [-0.4, -0.2) is 27.8 Å². The number of aromatic nitrogens is 3. The predicted octanol–water partition coefficient (Wildman–Crippen LogP) is 8.81. The van der Waals surface area contributed by atoms with Crippen molar-refractivity contribution in [2.75, 3.05) is 17.7 Å². The lowest BCUT2D eigenvalue weighted by Gasteiger charge is -2.29. The summed E-state index contributed by atoms with van der Waals surface area (Å²) >= 11 is 11.6. The summed E-state index contributed by atoms with van der Waals surface area (Å²) in [7, 11) is 1.60. The lowest BCUT2D eigenvalue weighted by atomic mass is 9.94. The minimum Gasteiger partial charge on any atom is -0.493 e. The largest absolute Gasteiger partial charge is 0.493 e. The first-order valence-corrected chi connectivity index (χ1v) is 16.7. The average Bonchev–Trinajstić information content (AvgIpc) is 3.46. The third kappa shape index (κ3) is 6.79. The summed E-state index contributed by atoms with van der Waals surface area (Å²) in [5.41, 5.74) is 5.63. The van der Waals surface area contributed by atoms with E-state index < -0.39 is 6.04 Å². The number of benzene rings is 4. The first-order chi connectivity index (χ1) is 22.3. The third-order valence-electron chi connectivity index (χ3n) is 7.58. The highest BCUT2D eigenvalue weighted by molar-refractivity contribution is 9.10. The molecule has 11 heteroatoms. The quantitative estimate of drug-likeness (QED) is 0.140. The molecular formula is C35H31BrClN5O3S. The summed E-state index contributed by atoms with van der Waals surface area (Å²) in [6, 6.07) is 28.5. The molecule has 0 saturated carbocycles.